The predicted molar refractivity (Wildman–Crippen MR) is 188 cm³/mol. The number of rotatable bonds is 8. The minimum atomic E-state index is -2.01. The summed E-state index contributed by atoms with van der Waals surface area (Å²) in [6, 6.07) is 66.2. The van der Waals surface area contributed by atoms with Crippen molar-refractivity contribution in [3.8, 4) is 11.8 Å². The molecule has 0 saturated heterocycles. The van der Waals surface area contributed by atoms with Gasteiger partial charge in [0.2, 0.25) is 0 Å². The summed E-state index contributed by atoms with van der Waals surface area (Å²) in [6.45, 7) is 0. The van der Waals surface area contributed by atoms with Gasteiger partial charge in [-0.05, 0) is 72.8 Å². The maximum atomic E-state index is 3.81. The van der Waals surface area contributed by atoms with Gasteiger partial charge < -0.3 is 12.4 Å². The Labute approximate surface area is 263 Å². The lowest BCUT2D eigenvalue weighted by Crippen LogP contribution is -3.00. The van der Waals surface area contributed by atoms with Crippen LogP contribution in [-0.2, 0) is 0 Å². The molecule has 0 radical (unpaired) electrons. The number of hydrogen-bond acceptors (Lipinski definition) is 0. The fraction of sp³-hybridized carbons (Fsp3) is 0.0500. The van der Waals surface area contributed by atoms with Crippen molar-refractivity contribution < 1.29 is 12.4 Å². The van der Waals surface area contributed by atoms with Gasteiger partial charge in [0.05, 0.1) is 0 Å². The van der Waals surface area contributed by atoms with Crippen LogP contribution in [0.4, 0.5) is 0 Å². The Kier molecular flexibility index (Phi) is 10.3. The molecule has 6 rings (SSSR count). The smallest absolute Gasteiger partial charge is 0.133 e. The third kappa shape index (κ3) is 6.23. The lowest BCUT2D eigenvalue weighted by molar-refractivity contribution is -0.00000797. The fourth-order valence-electron chi connectivity index (χ4n) is 5.89. The van der Waals surface area contributed by atoms with E-state index in [-0.39, 0.29) is 12.4 Å². The van der Waals surface area contributed by atoms with Crippen LogP contribution in [0.5, 0.6) is 0 Å². The van der Waals surface area contributed by atoms with E-state index in [0.29, 0.717) is 0 Å². The van der Waals surface area contributed by atoms with Crippen LogP contribution in [-0.4, -0.2) is 12.3 Å². The summed E-state index contributed by atoms with van der Waals surface area (Å²) in [5.74, 6) is 7.63. The van der Waals surface area contributed by atoms with Gasteiger partial charge >= 0.3 is 0 Å². The molecule has 0 atom stereocenters. The summed E-state index contributed by atoms with van der Waals surface area (Å²) < 4.78 is 0. The molecular formula is C40H34ClP2+. The van der Waals surface area contributed by atoms with Crippen molar-refractivity contribution in [1.82, 2.24) is 0 Å². The van der Waals surface area contributed by atoms with Crippen molar-refractivity contribution in [2.24, 2.45) is 0 Å². The molecule has 0 aliphatic rings. The van der Waals surface area contributed by atoms with Crippen LogP contribution >= 0.6 is 14.5 Å². The zero-order valence-corrected chi connectivity index (χ0v) is 26.6. The molecule has 0 unspecified atom stereocenters. The van der Waals surface area contributed by atoms with E-state index in [1.54, 1.807) is 0 Å². The van der Waals surface area contributed by atoms with E-state index in [4.69, 9.17) is 0 Å². The zero-order valence-electron chi connectivity index (χ0n) is 24.0. The molecule has 0 N–H and O–H groups in total. The van der Waals surface area contributed by atoms with Gasteiger partial charge in [-0.3, -0.25) is 0 Å². The van der Waals surface area contributed by atoms with E-state index in [2.05, 4.69) is 194 Å². The maximum Gasteiger partial charge on any atom is 0.133 e. The van der Waals surface area contributed by atoms with Crippen LogP contribution in [0.3, 0.4) is 0 Å². The lowest BCUT2D eigenvalue weighted by Gasteiger charge is -2.26. The minimum Gasteiger partial charge on any atom is -1.00 e. The van der Waals surface area contributed by atoms with Gasteiger partial charge in [-0.15, -0.1) is 0 Å². The van der Waals surface area contributed by atoms with E-state index in [0.717, 1.165) is 12.3 Å². The maximum absolute atomic E-state index is 3.81. The SMILES string of the molecule is C(#CC[P+](c1ccccc1)(c1ccccc1)c1ccccc1)C[P+](c1ccccc1)(c1ccccc1)c1ccccc1.[Cl-]. The van der Waals surface area contributed by atoms with Gasteiger partial charge in [0.1, 0.15) is 58.7 Å². The van der Waals surface area contributed by atoms with Crippen LogP contribution in [0.1, 0.15) is 0 Å². The Hall–Kier alpha value is -3.97. The lowest BCUT2D eigenvalue weighted by atomic mass is 10.4. The number of benzene rings is 6. The van der Waals surface area contributed by atoms with E-state index in [1.165, 1.54) is 31.8 Å². The summed E-state index contributed by atoms with van der Waals surface area (Å²) in [5.41, 5.74) is 0. The van der Waals surface area contributed by atoms with Crippen molar-refractivity contribution in [3.05, 3.63) is 182 Å². The molecule has 0 aromatic heterocycles. The van der Waals surface area contributed by atoms with Crippen LogP contribution < -0.4 is 44.2 Å². The monoisotopic (exact) mass is 611 g/mol. The molecule has 210 valence electrons. The Balaban J connectivity index is 0.00000368. The van der Waals surface area contributed by atoms with Crippen LogP contribution in [0.2, 0.25) is 0 Å². The first-order chi connectivity index (χ1) is 20.8. The predicted octanol–water partition coefficient (Wildman–Crippen LogP) is 3.98. The highest BCUT2D eigenvalue weighted by atomic mass is 35.5. The highest BCUT2D eigenvalue weighted by molar-refractivity contribution is 7.96. The summed E-state index contributed by atoms with van der Waals surface area (Å²) >= 11 is 0. The molecule has 0 aliphatic carbocycles. The Morgan fingerprint density at radius 2 is 0.442 bits per heavy atom. The van der Waals surface area contributed by atoms with Gasteiger partial charge in [-0.2, -0.15) is 0 Å². The molecule has 0 aliphatic heterocycles. The quantitative estimate of drug-likeness (QED) is 0.181. The molecule has 0 saturated carbocycles. The normalized spacial score (nSPS) is 11.1. The first-order valence-corrected chi connectivity index (χ1v) is 18.3. The van der Waals surface area contributed by atoms with E-state index < -0.39 is 14.5 Å². The van der Waals surface area contributed by atoms with Crippen LogP contribution in [0, 0.1) is 11.8 Å². The fourth-order valence-corrected chi connectivity index (χ4v) is 13.6. The van der Waals surface area contributed by atoms with Crippen LogP contribution in [0.15, 0.2) is 182 Å². The number of halogens is 1. The largest absolute Gasteiger partial charge is 1.00 e. The summed E-state index contributed by atoms with van der Waals surface area (Å²) in [7, 11) is -4.02. The molecule has 6 aromatic rings. The second-order valence-electron chi connectivity index (χ2n) is 10.3. The molecule has 3 heteroatoms. The average Bonchev–Trinajstić information content (AvgIpc) is 3.09. The van der Waals surface area contributed by atoms with Gasteiger partial charge in [0.25, 0.3) is 0 Å². The molecule has 0 amide bonds. The second kappa shape index (κ2) is 14.5. The van der Waals surface area contributed by atoms with Gasteiger partial charge in [-0.1, -0.05) is 121 Å². The topological polar surface area (TPSA) is 0 Å². The Morgan fingerprint density at radius 3 is 0.605 bits per heavy atom. The zero-order chi connectivity index (χ0) is 28.5. The molecule has 0 bridgehead atoms. The first kappa shape index (κ1) is 30.5. The third-order valence-corrected chi connectivity index (χ3v) is 16.3. The first-order valence-electron chi connectivity index (χ1n) is 14.4. The minimum absolute atomic E-state index is 0. The molecule has 0 heterocycles. The second-order valence-corrected chi connectivity index (χ2v) is 17.3. The van der Waals surface area contributed by atoms with Crippen molar-refractivity contribution in [3.63, 3.8) is 0 Å². The third-order valence-electron chi connectivity index (χ3n) is 7.94. The molecule has 0 nitrogen and oxygen atoms in total. The summed E-state index contributed by atoms with van der Waals surface area (Å²) in [6.07, 6.45) is 1.59. The van der Waals surface area contributed by atoms with Gasteiger partial charge in [0, 0.05) is 0 Å². The molecule has 0 fully saturated rings. The molecule has 6 aromatic carbocycles. The van der Waals surface area contributed by atoms with Crippen LogP contribution in [0.25, 0.3) is 0 Å². The van der Waals surface area contributed by atoms with E-state index in [9.17, 15) is 0 Å². The van der Waals surface area contributed by atoms with Crippen molar-refractivity contribution in [2.75, 3.05) is 12.3 Å². The van der Waals surface area contributed by atoms with Crippen molar-refractivity contribution in [2.45, 2.75) is 0 Å². The summed E-state index contributed by atoms with van der Waals surface area (Å²) in [5, 5.41) is 8.21. The Morgan fingerprint density at radius 1 is 0.279 bits per heavy atom. The average molecular weight is 612 g/mol. The van der Waals surface area contributed by atoms with E-state index >= 15 is 0 Å². The highest BCUT2D eigenvalue weighted by Crippen LogP contribution is 2.56. The van der Waals surface area contributed by atoms with Crippen molar-refractivity contribution >= 4 is 46.4 Å². The molecular weight excluding hydrogens is 578 g/mol. The number of hydrogen-bond donors (Lipinski definition) is 0. The van der Waals surface area contributed by atoms with Gasteiger partial charge in [-0.25, -0.2) is 0 Å². The summed E-state index contributed by atoms with van der Waals surface area (Å²) in [4.78, 5) is 0. The Bertz CT molecular complexity index is 1420. The highest BCUT2D eigenvalue weighted by Gasteiger charge is 2.46. The van der Waals surface area contributed by atoms with Gasteiger partial charge in [0.15, 0.2) is 0 Å². The molecule has 0 spiro atoms. The van der Waals surface area contributed by atoms with Crippen molar-refractivity contribution in [1.29, 1.82) is 0 Å². The van der Waals surface area contributed by atoms with E-state index in [1.807, 2.05) is 0 Å². The standard InChI is InChI=1S/C40H34P2.ClH/c1-7-21-35(22-8-1)41(36-23-9-2-10-24-36,37-25-11-3-12-26-37)33-19-20-34-42(38-27-13-4-14-28-38,39-29-15-5-16-30-39)40-31-17-6-18-32-40;/h1-18,21-32H,33-34H2;1H/q+2;/p-1. The molecule has 43 heavy (non-hydrogen) atoms.